The molecule has 7 unspecified atom stereocenters. The van der Waals surface area contributed by atoms with Gasteiger partial charge in [-0.25, -0.2) is 4.79 Å². The highest BCUT2D eigenvalue weighted by Crippen LogP contribution is 2.71. The monoisotopic (exact) mass is 818 g/mol. The lowest BCUT2D eigenvalue weighted by atomic mass is 9.44. The summed E-state index contributed by atoms with van der Waals surface area (Å²) in [7, 11) is 3.39. The molecule has 0 amide bonds. The number of hydrogen-bond donors (Lipinski definition) is 0. The van der Waals surface area contributed by atoms with Crippen molar-refractivity contribution in [1.29, 1.82) is 0 Å². The number of allylic oxidation sites excluding steroid dienone is 4. The van der Waals surface area contributed by atoms with E-state index in [-0.39, 0.29) is 35.0 Å². The molecule has 2 saturated heterocycles. The molecule has 1 spiro atoms. The summed E-state index contributed by atoms with van der Waals surface area (Å²) in [5.74, 6) is -3.17. The smallest absolute Gasteiger partial charge is 0.333 e. The van der Waals surface area contributed by atoms with E-state index in [0.29, 0.717) is 54.8 Å². The Labute approximate surface area is 347 Å². The maximum Gasteiger partial charge on any atom is 0.333 e. The van der Waals surface area contributed by atoms with Crippen molar-refractivity contribution < 1.29 is 42.9 Å². The van der Waals surface area contributed by atoms with Gasteiger partial charge in [0.25, 0.3) is 0 Å². The SMILES string of the molecule is COC(=O)/C(C)=C\CC12OC(C)(C)C3CC(C1=O)C(N1CCN(C)CC1)C1C(=O)c4c(OC(=O)CCl)c5c(c(CC=C(C)C)c4OC132)OC(C)(CCC=C(C)C)C=C5. The van der Waals surface area contributed by atoms with Crippen LogP contribution in [0.1, 0.15) is 103 Å². The quantitative estimate of drug-likeness (QED) is 0.0750. The number of carbonyl (C=O) groups excluding carboxylic acids is 4. The van der Waals surface area contributed by atoms with E-state index >= 15 is 9.59 Å². The van der Waals surface area contributed by atoms with Crippen molar-refractivity contribution in [2.75, 3.05) is 46.2 Å². The van der Waals surface area contributed by atoms with Gasteiger partial charge in [0, 0.05) is 61.6 Å². The molecule has 3 saturated carbocycles. The van der Waals surface area contributed by atoms with Crippen LogP contribution in [-0.4, -0.2) is 108 Å². The number of rotatable bonds is 11. The number of likely N-dealkylation sites (N-methyl/N-ethyl adjacent to an activating group) is 1. The number of ether oxygens (including phenoxy) is 5. The Morgan fingerprint density at radius 1 is 0.966 bits per heavy atom. The van der Waals surface area contributed by atoms with E-state index in [0.717, 1.165) is 25.1 Å². The molecule has 11 nitrogen and oxygen atoms in total. The van der Waals surface area contributed by atoms with Gasteiger partial charge >= 0.3 is 11.9 Å². The lowest BCUT2D eigenvalue weighted by molar-refractivity contribution is -0.214. The lowest BCUT2D eigenvalue weighted by Crippen LogP contribution is -2.82. The Hall–Kier alpha value is -3.77. The van der Waals surface area contributed by atoms with Crippen LogP contribution in [0.5, 0.6) is 17.2 Å². The molecule has 1 aromatic rings. The number of carbonyl (C=O) groups is 4. The first kappa shape index (κ1) is 42.4. The summed E-state index contributed by atoms with van der Waals surface area (Å²) in [5.41, 5.74) is -0.940. The minimum absolute atomic E-state index is 0.00176. The lowest BCUT2D eigenvalue weighted by Gasteiger charge is -2.65. The summed E-state index contributed by atoms with van der Waals surface area (Å²) in [5, 5.41) is 0. The number of benzene rings is 1. The standard InChI is InChI=1S/C46H59ClN2O9/c1-26(2)12-11-17-44(8)18-16-30-38(56-44)29(14-13-27(3)4)40-34(39(30)55-33(50)25-47)37(51)35-36(49-22-20-48(9)21-23-49)31-24-32-43(6,7)58-45(41(31)52,46(32,35)57-40)19-15-28(5)42(53)54-10/h12-13,15-16,18,31-32,35-36H,11,14,17,19-25H2,1-10H3/b28-15-. The van der Waals surface area contributed by atoms with Gasteiger partial charge in [0.2, 0.25) is 0 Å². The van der Waals surface area contributed by atoms with Gasteiger partial charge < -0.3 is 28.6 Å². The first-order valence-electron chi connectivity index (χ1n) is 20.6. The predicted octanol–water partition coefficient (Wildman–Crippen LogP) is 7.07. The Morgan fingerprint density at radius 3 is 2.29 bits per heavy atom. The van der Waals surface area contributed by atoms with Crippen LogP contribution in [0.3, 0.4) is 0 Å². The van der Waals surface area contributed by atoms with Crippen molar-refractivity contribution >= 4 is 41.2 Å². The molecular weight excluding hydrogens is 760 g/mol. The number of fused-ring (bicyclic) bond motifs is 2. The zero-order valence-corrected chi connectivity index (χ0v) is 36.5. The molecule has 1 aromatic carbocycles. The van der Waals surface area contributed by atoms with E-state index in [1.165, 1.54) is 12.7 Å². The zero-order valence-electron chi connectivity index (χ0n) is 35.7. The number of nitrogens with zero attached hydrogens (tertiary/aromatic N) is 2. The number of Topliss-reactive ketones (excluding diaryl/α,β-unsaturated/α-hetero) is 2. The summed E-state index contributed by atoms with van der Waals surface area (Å²) >= 11 is 6.10. The van der Waals surface area contributed by atoms with Crippen LogP contribution >= 0.6 is 11.6 Å². The number of methoxy groups -OCH3 is 1. The van der Waals surface area contributed by atoms with Crippen LogP contribution in [0.25, 0.3) is 6.08 Å². The summed E-state index contributed by atoms with van der Waals surface area (Å²) in [6, 6.07) is -0.506. The molecule has 3 aliphatic carbocycles. The van der Waals surface area contributed by atoms with Gasteiger partial charge in [0.05, 0.1) is 24.2 Å². The second kappa shape index (κ2) is 15.4. The molecule has 58 heavy (non-hydrogen) atoms. The highest BCUT2D eigenvalue weighted by Gasteiger charge is 2.86. The first-order valence-corrected chi connectivity index (χ1v) is 21.2. The third kappa shape index (κ3) is 6.68. The van der Waals surface area contributed by atoms with Gasteiger partial charge in [0.15, 0.2) is 28.5 Å². The minimum Gasteiger partial charge on any atom is -0.482 e. The highest BCUT2D eigenvalue weighted by molar-refractivity contribution is 6.26. The molecular formula is C46H59ClN2O9. The zero-order chi connectivity index (χ0) is 42.1. The molecule has 314 valence electrons. The van der Waals surface area contributed by atoms with E-state index in [9.17, 15) is 9.59 Å². The average molecular weight is 819 g/mol. The number of halogens is 1. The summed E-state index contributed by atoms with van der Waals surface area (Å²) in [6.45, 7) is 18.6. The number of piperazine rings is 1. The van der Waals surface area contributed by atoms with Crippen LogP contribution in [-0.2, 0) is 30.3 Å². The molecule has 0 radical (unpaired) electrons. The third-order valence-electron chi connectivity index (χ3n) is 13.5. The van der Waals surface area contributed by atoms with Gasteiger partial charge in [-0.1, -0.05) is 29.4 Å². The molecule has 7 aliphatic rings. The Kier molecular flexibility index (Phi) is 11.2. The number of hydrogen-bond acceptors (Lipinski definition) is 11. The fourth-order valence-corrected chi connectivity index (χ4v) is 10.8. The second-order valence-electron chi connectivity index (χ2n) is 18.4. The maximum absolute atomic E-state index is 16.1. The van der Waals surface area contributed by atoms with Crippen LogP contribution in [0.2, 0.25) is 0 Å². The number of alkyl halides is 1. The number of esters is 2. The van der Waals surface area contributed by atoms with Crippen LogP contribution < -0.4 is 14.2 Å². The molecule has 4 aliphatic heterocycles. The average Bonchev–Trinajstić information content (AvgIpc) is 3.31. The van der Waals surface area contributed by atoms with Gasteiger partial charge in [-0.15, -0.1) is 11.6 Å². The van der Waals surface area contributed by atoms with E-state index in [2.05, 4.69) is 42.8 Å². The maximum atomic E-state index is 16.1. The van der Waals surface area contributed by atoms with Crippen LogP contribution in [0, 0.1) is 17.8 Å². The van der Waals surface area contributed by atoms with Crippen molar-refractivity contribution in [1.82, 2.24) is 9.80 Å². The number of ketones is 2. The van der Waals surface area contributed by atoms with Gasteiger partial charge in [-0.05, 0) is 100 Å². The summed E-state index contributed by atoms with van der Waals surface area (Å²) in [4.78, 5) is 62.2. The van der Waals surface area contributed by atoms with Gasteiger partial charge in [-0.3, -0.25) is 19.3 Å². The van der Waals surface area contributed by atoms with E-state index in [4.69, 9.17) is 35.3 Å². The van der Waals surface area contributed by atoms with Crippen molar-refractivity contribution in [3.8, 4) is 17.2 Å². The Morgan fingerprint density at radius 2 is 1.66 bits per heavy atom. The molecule has 4 bridgehead atoms. The molecule has 0 aromatic heterocycles. The molecule has 4 heterocycles. The molecule has 0 N–H and O–H groups in total. The van der Waals surface area contributed by atoms with E-state index in [1.807, 2.05) is 46.8 Å². The second-order valence-corrected chi connectivity index (χ2v) is 18.6. The van der Waals surface area contributed by atoms with Crippen molar-refractivity contribution in [3.63, 3.8) is 0 Å². The topological polar surface area (TPSA) is 121 Å². The largest absolute Gasteiger partial charge is 0.482 e. The summed E-state index contributed by atoms with van der Waals surface area (Å²) in [6.07, 6.45) is 12.0. The van der Waals surface area contributed by atoms with Crippen molar-refractivity contribution in [2.45, 2.75) is 116 Å². The fraction of sp³-hybridized carbons (Fsp3) is 0.609. The van der Waals surface area contributed by atoms with Gasteiger partial charge in [0.1, 0.15) is 28.5 Å². The van der Waals surface area contributed by atoms with Crippen molar-refractivity contribution in [2.24, 2.45) is 17.8 Å². The minimum atomic E-state index is -1.63. The Bertz CT molecular complexity index is 2030. The molecule has 8 rings (SSSR count). The van der Waals surface area contributed by atoms with Crippen molar-refractivity contribution in [3.05, 3.63) is 57.7 Å². The van der Waals surface area contributed by atoms with Gasteiger partial charge in [-0.2, -0.15) is 0 Å². The normalized spacial score (nSPS) is 32.0. The Balaban J connectivity index is 1.53. The van der Waals surface area contributed by atoms with E-state index < -0.39 is 64.0 Å². The third-order valence-corrected chi connectivity index (χ3v) is 13.7. The molecule has 5 fully saturated rings. The van der Waals surface area contributed by atoms with Crippen LogP contribution in [0.4, 0.5) is 0 Å². The molecule has 7 atom stereocenters. The van der Waals surface area contributed by atoms with Crippen LogP contribution in [0.15, 0.2) is 41.0 Å². The highest BCUT2D eigenvalue weighted by atomic mass is 35.5. The first-order chi connectivity index (χ1) is 27.3. The molecule has 12 heteroatoms. The fourth-order valence-electron chi connectivity index (χ4n) is 10.7. The predicted molar refractivity (Wildman–Crippen MR) is 222 cm³/mol. The summed E-state index contributed by atoms with van der Waals surface area (Å²) < 4.78 is 32.9. The van der Waals surface area contributed by atoms with E-state index in [1.54, 1.807) is 13.0 Å².